The number of nitrogens with two attached hydrogens (primary N) is 1. The highest BCUT2D eigenvalue weighted by Gasteiger charge is 2.21. The number of amides is 2. The summed E-state index contributed by atoms with van der Waals surface area (Å²) in [6, 6.07) is 0. The molecule has 0 aromatic heterocycles. The summed E-state index contributed by atoms with van der Waals surface area (Å²) in [5.74, 6) is 0.375. The van der Waals surface area contributed by atoms with E-state index >= 15 is 0 Å². The third kappa shape index (κ3) is 8.74. The van der Waals surface area contributed by atoms with Gasteiger partial charge in [0.2, 0.25) is 11.8 Å². The Hall–Kier alpha value is -0.560. The van der Waals surface area contributed by atoms with Gasteiger partial charge in [-0.05, 0) is 33.2 Å². The summed E-state index contributed by atoms with van der Waals surface area (Å²) in [6.45, 7) is 9.71. The maximum atomic E-state index is 12.1. The van der Waals surface area contributed by atoms with Crippen LogP contribution in [0.1, 0.15) is 33.1 Å². The van der Waals surface area contributed by atoms with Crippen molar-refractivity contribution in [3.8, 4) is 0 Å². The minimum atomic E-state index is 0. The van der Waals surface area contributed by atoms with Crippen molar-refractivity contribution in [2.24, 2.45) is 5.73 Å². The Morgan fingerprint density at radius 1 is 1.04 bits per heavy atom. The smallest absolute Gasteiger partial charge is 0.236 e. The van der Waals surface area contributed by atoms with Gasteiger partial charge in [0.25, 0.3) is 0 Å². The van der Waals surface area contributed by atoms with E-state index in [0.717, 1.165) is 52.1 Å². The Labute approximate surface area is 152 Å². The second-order valence-electron chi connectivity index (χ2n) is 5.47. The van der Waals surface area contributed by atoms with Crippen molar-refractivity contribution in [2.75, 3.05) is 52.4 Å². The fourth-order valence-corrected chi connectivity index (χ4v) is 2.66. The topological polar surface area (TPSA) is 69.9 Å². The molecule has 1 aliphatic heterocycles. The van der Waals surface area contributed by atoms with Gasteiger partial charge < -0.3 is 15.5 Å². The largest absolute Gasteiger partial charge is 0.342 e. The van der Waals surface area contributed by atoms with Gasteiger partial charge in [-0.15, -0.1) is 24.8 Å². The van der Waals surface area contributed by atoms with E-state index < -0.39 is 0 Å². The summed E-state index contributed by atoms with van der Waals surface area (Å²) in [7, 11) is 0. The third-order valence-electron chi connectivity index (χ3n) is 4.01. The lowest BCUT2D eigenvalue weighted by atomic mass is 10.2. The van der Waals surface area contributed by atoms with Crippen molar-refractivity contribution >= 4 is 36.6 Å². The predicted molar refractivity (Wildman–Crippen MR) is 98.3 cm³/mol. The first-order chi connectivity index (χ1) is 10.1. The van der Waals surface area contributed by atoms with Crippen molar-refractivity contribution in [2.45, 2.75) is 33.1 Å². The molecule has 0 unspecified atom stereocenters. The lowest BCUT2D eigenvalue weighted by Crippen LogP contribution is -2.42. The van der Waals surface area contributed by atoms with Crippen LogP contribution in [0.3, 0.4) is 0 Å². The molecule has 2 N–H and O–H groups in total. The molecule has 0 atom stereocenters. The first kappa shape index (κ1) is 24.7. The molecule has 1 rings (SSSR count). The Bertz CT molecular complexity index is 341. The third-order valence-corrected chi connectivity index (χ3v) is 4.01. The van der Waals surface area contributed by atoms with Crippen molar-refractivity contribution in [3.05, 3.63) is 0 Å². The lowest BCUT2D eigenvalue weighted by molar-refractivity contribution is -0.132. The van der Waals surface area contributed by atoms with Crippen LogP contribution in [0.25, 0.3) is 0 Å². The highest BCUT2D eigenvalue weighted by Crippen LogP contribution is 2.06. The Balaban J connectivity index is 0. The molecule has 138 valence electrons. The quantitative estimate of drug-likeness (QED) is 0.724. The van der Waals surface area contributed by atoms with Crippen molar-refractivity contribution in [1.82, 2.24) is 14.7 Å². The van der Waals surface area contributed by atoms with Gasteiger partial charge in [0.1, 0.15) is 0 Å². The van der Waals surface area contributed by atoms with Crippen LogP contribution in [0.2, 0.25) is 0 Å². The Morgan fingerprint density at radius 3 is 2.26 bits per heavy atom. The second-order valence-corrected chi connectivity index (χ2v) is 5.47. The summed E-state index contributed by atoms with van der Waals surface area (Å²) < 4.78 is 0. The molecule has 0 radical (unpaired) electrons. The van der Waals surface area contributed by atoms with Gasteiger partial charge in [0.15, 0.2) is 0 Å². The minimum Gasteiger partial charge on any atom is -0.342 e. The Morgan fingerprint density at radius 2 is 1.70 bits per heavy atom. The zero-order valence-corrected chi connectivity index (χ0v) is 16.0. The number of carbonyl (C=O) groups excluding carboxylic acids is 2. The van der Waals surface area contributed by atoms with Crippen molar-refractivity contribution in [1.29, 1.82) is 0 Å². The van der Waals surface area contributed by atoms with Crippen LogP contribution in [0, 0.1) is 0 Å². The Kier molecular flexibility index (Phi) is 14.9. The van der Waals surface area contributed by atoms with E-state index in [2.05, 4.69) is 4.90 Å². The van der Waals surface area contributed by atoms with Crippen LogP contribution in [0.5, 0.6) is 0 Å². The van der Waals surface area contributed by atoms with Gasteiger partial charge in [-0.2, -0.15) is 0 Å². The first-order valence-electron chi connectivity index (χ1n) is 8.10. The maximum absolute atomic E-state index is 12.1. The highest BCUT2D eigenvalue weighted by molar-refractivity contribution is 5.85. The number of rotatable bonds is 7. The molecule has 0 aliphatic carbocycles. The standard InChI is InChI=1S/C15H30N4O2.2ClH/c1-3-18(4-2)15(21)13-17-9-6-10-19(12-11-17)14(20)7-5-8-16;;/h3-13,16H2,1-2H3;2*1H. The minimum absolute atomic E-state index is 0. The number of hydrogen-bond donors (Lipinski definition) is 1. The van der Waals surface area contributed by atoms with E-state index in [4.69, 9.17) is 5.73 Å². The molecular weight excluding hydrogens is 339 g/mol. The highest BCUT2D eigenvalue weighted by atomic mass is 35.5. The van der Waals surface area contributed by atoms with Gasteiger partial charge >= 0.3 is 0 Å². The molecule has 0 aromatic carbocycles. The molecule has 0 bridgehead atoms. The average Bonchev–Trinajstić information content (AvgIpc) is 2.71. The molecule has 23 heavy (non-hydrogen) atoms. The molecule has 1 saturated heterocycles. The molecule has 6 nitrogen and oxygen atoms in total. The van der Waals surface area contributed by atoms with E-state index in [1.54, 1.807) is 0 Å². The molecule has 1 heterocycles. The molecular formula is C15H32Cl2N4O2. The van der Waals surface area contributed by atoms with E-state index in [1.807, 2.05) is 23.6 Å². The monoisotopic (exact) mass is 370 g/mol. The van der Waals surface area contributed by atoms with Crippen LogP contribution in [-0.2, 0) is 9.59 Å². The fourth-order valence-electron chi connectivity index (χ4n) is 2.66. The summed E-state index contributed by atoms with van der Waals surface area (Å²) >= 11 is 0. The van der Waals surface area contributed by atoms with Crippen LogP contribution in [-0.4, -0.2) is 78.9 Å². The second kappa shape index (κ2) is 13.8. The van der Waals surface area contributed by atoms with Crippen LogP contribution < -0.4 is 5.73 Å². The predicted octanol–water partition coefficient (Wildman–Crippen LogP) is 0.972. The number of carbonyl (C=O) groups is 2. The van der Waals surface area contributed by atoms with Crippen LogP contribution >= 0.6 is 24.8 Å². The zero-order chi connectivity index (χ0) is 15.7. The van der Waals surface area contributed by atoms with Gasteiger partial charge in [-0.3, -0.25) is 14.5 Å². The van der Waals surface area contributed by atoms with Crippen LogP contribution in [0.4, 0.5) is 0 Å². The normalized spacial score (nSPS) is 15.2. The number of likely N-dealkylation sites (N-methyl/N-ethyl adjacent to an activating group) is 1. The number of hydrogen-bond acceptors (Lipinski definition) is 4. The number of halogens is 2. The molecule has 1 fully saturated rings. The summed E-state index contributed by atoms with van der Waals surface area (Å²) in [5, 5.41) is 0. The molecule has 2 amide bonds. The van der Waals surface area contributed by atoms with Crippen LogP contribution in [0.15, 0.2) is 0 Å². The molecule has 0 spiro atoms. The van der Waals surface area contributed by atoms with E-state index in [1.165, 1.54) is 0 Å². The first-order valence-corrected chi connectivity index (χ1v) is 8.10. The summed E-state index contributed by atoms with van der Waals surface area (Å²) in [6.07, 6.45) is 2.22. The van der Waals surface area contributed by atoms with E-state index in [0.29, 0.717) is 19.5 Å². The summed E-state index contributed by atoms with van der Waals surface area (Å²) in [4.78, 5) is 30.1. The average molecular weight is 371 g/mol. The molecule has 0 saturated carbocycles. The van der Waals surface area contributed by atoms with E-state index in [9.17, 15) is 9.59 Å². The SMILES string of the molecule is CCN(CC)C(=O)CN1CCCN(C(=O)CCCN)CC1.Cl.Cl. The number of nitrogens with zero attached hydrogens (tertiary/aromatic N) is 3. The molecule has 1 aliphatic rings. The fraction of sp³-hybridized carbons (Fsp3) is 0.867. The maximum Gasteiger partial charge on any atom is 0.236 e. The molecule has 8 heteroatoms. The van der Waals surface area contributed by atoms with Gasteiger partial charge in [-0.1, -0.05) is 0 Å². The van der Waals surface area contributed by atoms with Gasteiger partial charge in [0.05, 0.1) is 6.54 Å². The summed E-state index contributed by atoms with van der Waals surface area (Å²) in [5.41, 5.74) is 5.45. The van der Waals surface area contributed by atoms with Crippen molar-refractivity contribution in [3.63, 3.8) is 0 Å². The van der Waals surface area contributed by atoms with E-state index in [-0.39, 0.29) is 36.6 Å². The zero-order valence-electron chi connectivity index (χ0n) is 14.3. The van der Waals surface area contributed by atoms with Gasteiger partial charge in [0, 0.05) is 45.7 Å². The van der Waals surface area contributed by atoms with Crippen molar-refractivity contribution < 1.29 is 9.59 Å². The lowest BCUT2D eigenvalue weighted by Gasteiger charge is -2.25. The van der Waals surface area contributed by atoms with Gasteiger partial charge in [-0.25, -0.2) is 0 Å². The molecule has 0 aromatic rings.